The largest absolute Gasteiger partial charge is 0.493 e. The van der Waals surface area contributed by atoms with Crippen molar-refractivity contribution in [1.82, 2.24) is 5.32 Å². The summed E-state index contributed by atoms with van der Waals surface area (Å²) >= 11 is 3.39. The van der Waals surface area contributed by atoms with E-state index in [-0.39, 0.29) is 18.1 Å². The second kappa shape index (κ2) is 10.5. The van der Waals surface area contributed by atoms with Gasteiger partial charge in [0, 0.05) is 20.4 Å². The van der Waals surface area contributed by atoms with Crippen molar-refractivity contribution < 1.29 is 33.3 Å². The second-order valence-electron chi connectivity index (χ2n) is 7.65. The predicted octanol–water partition coefficient (Wildman–Crippen LogP) is 3.41. The number of benzene rings is 2. The number of carbonyl (C=O) groups is 3. The third-order valence-electron chi connectivity index (χ3n) is 4.61. The lowest BCUT2D eigenvalue weighted by atomic mass is 10.1. The average molecular weight is 518 g/mol. The molecule has 0 atom stereocenters. The van der Waals surface area contributed by atoms with Crippen LogP contribution in [0.3, 0.4) is 0 Å². The van der Waals surface area contributed by atoms with E-state index in [0.717, 1.165) is 5.56 Å². The van der Waals surface area contributed by atoms with E-state index in [4.69, 9.17) is 18.9 Å². The van der Waals surface area contributed by atoms with Crippen LogP contribution in [0.5, 0.6) is 11.5 Å². The quantitative estimate of drug-likeness (QED) is 0.325. The van der Waals surface area contributed by atoms with Crippen molar-refractivity contribution in [2.45, 2.75) is 26.1 Å². The van der Waals surface area contributed by atoms with E-state index < -0.39 is 17.7 Å². The van der Waals surface area contributed by atoms with Gasteiger partial charge in [0.1, 0.15) is 5.57 Å². The average Bonchev–Trinajstić information content (AvgIpc) is 2.75. The van der Waals surface area contributed by atoms with E-state index in [9.17, 15) is 14.4 Å². The lowest BCUT2D eigenvalue weighted by Crippen LogP contribution is -2.41. The van der Waals surface area contributed by atoms with E-state index >= 15 is 0 Å². The summed E-state index contributed by atoms with van der Waals surface area (Å²) < 4.78 is 21.7. The lowest BCUT2D eigenvalue weighted by molar-refractivity contribution is -0.222. The Balaban J connectivity index is 1.65. The number of carbonyl (C=O) groups excluding carboxylic acids is 3. The van der Waals surface area contributed by atoms with Crippen LogP contribution in [0.4, 0.5) is 0 Å². The number of esters is 2. The van der Waals surface area contributed by atoms with Crippen molar-refractivity contribution in [2.75, 3.05) is 20.3 Å². The maximum absolute atomic E-state index is 12.2. The van der Waals surface area contributed by atoms with Gasteiger partial charge in [-0.05, 0) is 51.7 Å². The highest BCUT2D eigenvalue weighted by molar-refractivity contribution is 9.10. The molecule has 174 valence electrons. The zero-order valence-electron chi connectivity index (χ0n) is 18.5. The standard InChI is InChI=1S/C24H24BrNO7/c1-24(2)32-22(28)17(23(29)33-24)11-16-12-18(25)21(19(13-16)30-3)31-14-20(27)26-10-9-15-7-5-4-6-8-15/h4-8,11-13H,9-10,14H2,1-3H3,(H,26,27). The van der Waals surface area contributed by atoms with Gasteiger partial charge in [-0.2, -0.15) is 0 Å². The second-order valence-corrected chi connectivity index (χ2v) is 8.50. The number of amides is 1. The van der Waals surface area contributed by atoms with Gasteiger partial charge in [-0.25, -0.2) is 9.59 Å². The van der Waals surface area contributed by atoms with Gasteiger partial charge in [0.15, 0.2) is 18.1 Å². The molecule has 8 nitrogen and oxygen atoms in total. The fourth-order valence-corrected chi connectivity index (χ4v) is 3.66. The summed E-state index contributed by atoms with van der Waals surface area (Å²) in [7, 11) is 1.44. The number of hydrogen-bond donors (Lipinski definition) is 1. The third kappa shape index (κ3) is 6.58. The van der Waals surface area contributed by atoms with Crippen LogP contribution in [0, 0.1) is 0 Å². The number of methoxy groups -OCH3 is 1. The molecule has 1 aliphatic rings. The molecular weight excluding hydrogens is 494 g/mol. The zero-order chi connectivity index (χ0) is 24.0. The molecule has 0 spiro atoms. The first-order chi connectivity index (χ1) is 15.7. The molecule has 1 amide bonds. The van der Waals surface area contributed by atoms with E-state index in [0.29, 0.717) is 34.5 Å². The normalized spacial score (nSPS) is 14.7. The molecule has 33 heavy (non-hydrogen) atoms. The molecule has 0 aromatic heterocycles. The van der Waals surface area contributed by atoms with Crippen LogP contribution in [0.25, 0.3) is 6.08 Å². The summed E-state index contributed by atoms with van der Waals surface area (Å²) in [4.78, 5) is 36.5. The van der Waals surface area contributed by atoms with Gasteiger partial charge >= 0.3 is 11.9 Å². The Labute approximate surface area is 200 Å². The zero-order valence-corrected chi connectivity index (χ0v) is 20.1. The fourth-order valence-electron chi connectivity index (χ4n) is 3.09. The molecule has 1 N–H and O–H groups in total. The number of halogens is 1. The molecule has 1 heterocycles. The summed E-state index contributed by atoms with van der Waals surface area (Å²) in [6, 6.07) is 13.0. The van der Waals surface area contributed by atoms with Gasteiger partial charge in [-0.15, -0.1) is 0 Å². The number of ether oxygens (including phenoxy) is 4. The van der Waals surface area contributed by atoms with E-state index in [1.165, 1.54) is 27.0 Å². The molecule has 0 saturated carbocycles. The predicted molar refractivity (Wildman–Crippen MR) is 124 cm³/mol. The lowest BCUT2D eigenvalue weighted by Gasteiger charge is -2.29. The van der Waals surface area contributed by atoms with Crippen molar-refractivity contribution in [2.24, 2.45) is 0 Å². The summed E-state index contributed by atoms with van der Waals surface area (Å²) in [5, 5.41) is 2.81. The van der Waals surface area contributed by atoms with Crippen molar-refractivity contribution in [3.63, 3.8) is 0 Å². The summed E-state index contributed by atoms with van der Waals surface area (Å²) in [6.07, 6.45) is 2.05. The SMILES string of the molecule is COc1cc(C=C2C(=O)OC(C)(C)OC2=O)cc(Br)c1OCC(=O)NCCc1ccccc1. The Bertz CT molecular complexity index is 1060. The smallest absolute Gasteiger partial charge is 0.348 e. The first kappa shape index (κ1) is 24.3. The highest BCUT2D eigenvalue weighted by atomic mass is 79.9. The van der Waals surface area contributed by atoms with Gasteiger partial charge < -0.3 is 24.3 Å². The van der Waals surface area contributed by atoms with Crippen LogP contribution in [-0.2, 0) is 30.3 Å². The van der Waals surface area contributed by atoms with E-state index in [1.807, 2.05) is 30.3 Å². The molecule has 0 aliphatic carbocycles. The minimum absolute atomic E-state index is 0.210. The van der Waals surface area contributed by atoms with E-state index in [2.05, 4.69) is 21.2 Å². The Morgan fingerprint density at radius 1 is 1.12 bits per heavy atom. The van der Waals surface area contributed by atoms with Crippen molar-refractivity contribution in [3.8, 4) is 11.5 Å². The summed E-state index contributed by atoms with van der Waals surface area (Å²) in [6.45, 7) is 3.23. The highest BCUT2D eigenvalue weighted by Crippen LogP contribution is 2.37. The van der Waals surface area contributed by atoms with E-state index in [1.54, 1.807) is 12.1 Å². The molecule has 0 radical (unpaired) electrons. The minimum atomic E-state index is -1.32. The number of hydrogen-bond acceptors (Lipinski definition) is 7. The Morgan fingerprint density at radius 2 is 1.79 bits per heavy atom. The van der Waals surface area contributed by atoms with Gasteiger partial charge in [0.2, 0.25) is 0 Å². The molecule has 0 bridgehead atoms. The highest BCUT2D eigenvalue weighted by Gasteiger charge is 2.38. The number of rotatable bonds is 8. The number of cyclic esters (lactones) is 2. The Hall–Kier alpha value is -3.33. The molecule has 2 aromatic rings. The molecule has 3 rings (SSSR count). The third-order valence-corrected chi connectivity index (χ3v) is 5.19. The molecule has 0 unspecified atom stereocenters. The topological polar surface area (TPSA) is 100 Å². The molecule has 9 heteroatoms. The Morgan fingerprint density at radius 3 is 2.42 bits per heavy atom. The molecule has 1 fully saturated rings. The van der Waals surface area contributed by atoms with Crippen LogP contribution in [0.2, 0.25) is 0 Å². The van der Waals surface area contributed by atoms with Crippen LogP contribution < -0.4 is 14.8 Å². The van der Waals surface area contributed by atoms with Gasteiger partial charge in [-0.3, -0.25) is 4.79 Å². The van der Waals surface area contributed by atoms with Crippen LogP contribution in [0.1, 0.15) is 25.0 Å². The van der Waals surface area contributed by atoms with Crippen LogP contribution in [-0.4, -0.2) is 43.9 Å². The summed E-state index contributed by atoms with van der Waals surface area (Å²) in [5.74, 6) is -2.53. The van der Waals surface area contributed by atoms with Crippen molar-refractivity contribution >= 4 is 39.9 Å². The van der Waals surface area contributed by atoms with Crippen molar-refractivity contribution in [1.29, 1.82) is 0 Å². The van der Waals surface area contributed by atoms with Crippen molar-refractivity contribution in [3.05, 3.63) is 63.6 Å². The Kier molecular flexibility index (Phi) is 7.75. The molecular formula is C24H24BrNO7. The first-order valence-electron chi connectivity index (χ1n) is 10.2. The van der Waals surface area contributed by atoms with Crippen LogP contribution in [0.15, 0.2) is 52.5 Å². The fraction of sp³-hybridized carbons (Fsp3) is 0.292. The van der Waals surface area contributed by atoms with Gasteiger partial charge in [-0.1, -0.05) is 30.3 Å². The maximum atomic E-state index is 12.2. The minimum Gasteiger partial charge on any atom is -0.493 e. The number of nitrogens with one attached hydrogen (secondary N) is 1. The monoisotopic (exact) mass is 517 g/mol. The first-order valence-corrected chi connectivity index (χ1v) is 11.0. The van der Waals surface area contributed by atoms with Crippen LogP contribution >= 0.6 is 15.9 Å². The summed E-state index contributed by atoms with van der Waals surface area (Å²) in [5.41, 5.74) is 1.36. The maximum Gasteiger partial charge on any atom is 0.348 e. The van der Waals surface area contributed by atoms with Gasteiger partial charge in [0.05, 0.1) is 11.6 Å². The molecule has 1 aliphatic heterocycles. The van der Waals surface area contributed by atoms with Gasteiger partial charge in [0.25, 0.3) is 11.7 Å². The molecule has 2 aromatic carbocycles. The molecule has 1 saturated heterocycles.